The summed E-state index contributed by atoms with van der Waals surface area (Å²) < 4.78 is 42.7. The van der Waals surface area contributed by atoms with Crippen LogP contribution in [0.25, 0.3) is 0 Å². The van der Waals surface area contributed by atoms with Gasteiger partial charge in [0.05, 0.1) is 11.4 Å². The summed E-state index contributed by atoms with van der Waals surface area (Å²) in [7, 11) is -0.304. The summed E-state index contributed by atoms with van der Waals surface area (Å²) in [5, 5.41) is 10.3. The fourth-order valence-electron chi connectivity index (χ4n) is 2.78. The zero-order valence-electron chi connectivity index (χ0n) is 17.6. The number of aromatic nitrogens is 3. The van der Waals surface area contributed by atoms with E-state index in [0.29, 0.717) is 24.6 Å². The summed E-state index contributed by atoms with van der Waals surface area (Å²) in [4.78, 5) is 8.41. The number of hydrogen-bond acceptors (Lipinski definition) is 5. The van der Waals surface area contributed by atoms with Gasteiger partial charge in [0, 0.05) is 27.2 Å². The van der Waals surface area contributed by atoms with Crippen LogP contribution in [0, 0.1) is 5.82 Å². The molecule has 0 unspecified atom stereocenters. The molecule has 0 aliphatic rings. The van der Waals surface area contributed by atoms with Crippen LogP contribution in [0.15, 0.2) is 64.7 Å². The third kappa shape index (κ3) is 7.24. The van der Waals surface area contributed by atoms with Crippen LogP contribution in [0.3, 0.4) is 0 Å². The van der Waals surface area contributed by atoms with Crippen LogP contribution in [0.1, 0.15) is 17.0 Å². The average Bonchev–Trinajstić information content (AvgIpc) is 3.17. The monoisotopic (exact) mass is 573 g/mol. The van der Waals surface area contributed by atoms with Crippen LogP contribution < -0.4 is 15.4 Å². The minimum Gasteiger partial charge on any atom is -0.352 e. The Bertz CT molecular complexity index is 1170. The number of nitrogens with zero attached hydrogens (tertiary/aromatic N) is 4. The Morgan fingerprint density at radius 3 is 2.41 bits per heavy atom. The van der Waals surface area contributed by atoms with E-state index in [2.05, 4.69) is 30.4 Å². The van der Waals surface area contributed by atoms with Gasteiger partial charge in [-0.15, -0.1) is 24.0 Å². The standard InChI is InChI=1S/C20H24FN7O2S.HI/c1-22-20(24-13-19-25-14-26-28(19)2)23-11-16-6-4-8-18(10-16)31(29,30)27-12-15-5-3-7-17(21)9-15;/h3-10,14,27H,11-13H2,1-2H3,(H2,22,23,24);1H. The second kappa shape index (κ2) is 11.9. The van der Waals surface area contributed by atoms with Crippen LogP contribution in [-0.2, 0) is 36.7 Å². The number of sulfonamides is 1. The van der Waals surface area contributed by atoms with Gasteiger partial charge in [0.2, 0.25) is 10.0 Å². The maximum atomic E-state index is 13.3. The molecule has 3 aromatic rings. The molecule has 0 radical (unpaired) electrons. The second-order valence-corrected chi connectivity index (χ2v) is 8.45. The van der Waals surface area contributed by atoms with Gasteiger partial charge >= 0.3 is 0 Å². The van der Waals surface area contributed by atoms with Crippen LogP contribution in [0.5, 0.6) is 0 Å². The lowest BCUT2D eigenvalue weighted by Crippen LogP contribution is -2.37. The molecule has 1 heterocycles. The highest BCUT2D eigenvalue weighted by molar-refractivity contribution is 14.0. The van der Waals surface area contributed by atoms with Crippen molar-refractivity contribution in [3.05, 3.63) is 77.6 Å². The minimum atomic E-state index is -3.75. The zero-order chi connectivity index (χ0) is 22.3. The van der Waals surface area contributed by atoms with Gasteiger partial charge in [-0.2, -0.15) is 5.10 Å². The molecule has 3 rings (SSSR count). The number of hydrogen-bond donors (Lipinski definition) is 3. The third-order valence-corrected chi connectivity index (χ3v) is 5.87. The molecule has 172 valence electrons. The van der Waals surface area contributed by atoms with Gasteiger partial charge in [0.25, 0.3) is 0 Å². The number of guanidine groups is 1. The van der Waals surface area contributed by atoms with Crippen molar-refractivity contribution in [2.75, 3.05) is 7.05 Å². The molecule has 0 saturated carbocycles. The molecule has 0 aliphatic heterocycles. The molecule has 0 amide bonds. The van der Waals surface area contributed by atoms with Crippen molar-refractivity contribution >= 4 is 40.0 Å². The molecule has 0 spiro atoms. The Kier molecular flexibility index (Phi) is 9.53. The lowest BCUT2D eigenvalue weighted by atomic mass is 10.2. The molecular formula is C20H25FIN7O2S. The summed E-state index contributed by atoms with van der Waals surface area (Å²) in [5.41, 5.74) is 1.30. The van der Waals surface area contributed by atoms with Crippen molar-refractivity contribution in [2.24, 2.45) is 12.0 Å². The van der Waals surface area contributed by atoms with Crippen LogP contribution in [0.4, 0.5) is 4.39 Å². The molecule has 0 saturated heterocycles. The van der Waals surface area contributed by atoms with Crippen molar-refractivity contribution in [1.29, 1.82) is 0 Å². The van der Waals surface area contributed by atoms with Crippen molar-refractivity contribution in [1.82, 2.24) is 30.1 Å². The van der Waals surface area contributed by atoms with Crippen molar-refractivity contribution in [3.8, 4) is 0 Å². The smallest absolute Gasteiger partial charge is 0.240 e. The SMILES string of the molecule is CN=C(NCc1cccc(S(=O)(=O)NCc2cccc(F)c2)c1)NCc1ncnn1C.I. The first-order valence-corrected chi connectivity index (χ1v) is 11.0. The summed E-state index contributed by atoms with van der Waals surface area (Å²) in [5.74, 6) is 0.881. The highest BCUT2D eigenvalue weighted by atomic mass is 127. The molecule has 0 fully saturated rings. The largest absolute Gasteiger partial charge is 0.352 e. The Labute approximate surface area is 203 Å². The topological polar surface area (TPSA) is 113 Å². The van der Waals surface area contributed by atoms with Gasteiger partial charge in [-0.1, -0.05) is 24.3 Å². The quantitative estimate of drug-likeness (QED) is 0.216. The van der Waals surface area contributed by atoms with E-state index in [0.717, 1.165) is 11.4 Å². The maximum Gasteiger partial charge on any atom is 0.240 e. The first kappa shape index (κ1) is 25.7. The van der Waals surface area contributed by atoms with Gasteiger partial charge in [-0.3, -0.25) is 9.67 Å². The number of benzene rings is 2. The van der Waals surface area contributed by atoms with Crippen LogP contribution in [0.2, 0.25) is 0 Å². The Hall–Kier alpha value is -2.58. The number of rotatable bonds is 8. The highest BCUT2D eigenvalue weighted by Gasteiger charge is 2.14. The van der Waals surface area contributed by atoms with E-state index in [4.69, 9.17) is 0 Å². The highest BCUT2D eigenvalue weighted by Crippen LogP contribution is 2.13. The van der Waals surface area contributed by atoms with Gasteiger partial charge < -0.3 is 10.6 Å². The first-order chi connectivity index (χ1) is 14.9. The predicted octanol–water partition coefficient (Wildman–Crippen LogP) is 1.92. The minimum absolute atomic E-state index is 0. The van der Waals surface area contributed by atoms with Gasteiger partial charge in [0.1, 0.15) is 18.0 Å². The van der Waals surface area contributed by atoms with E-state index in [1.165, 1.54) is 30.6 Å². The first-order valence-electron chi connectivity index (χ1n) is 9.48. The van der Waals surface area contributed by atoms with Crippen LogP contribution >= 0.6 is 24.0 Å². The summed E-state index contributed by atoms with van der Waals surface area (Å²) in [6.07, 6.45) is 1.47. The number of halogens is 2. The Morgan fingerprint density at radius 2 is 1.75 bits per heavy atom. The maximum absolute atomic E-state index is 13.3. The Morgan fingerprint density at radius 1 is 1.06 bits per heavy atom. The van der Waals surface area contributed by atoms with Crippen LogP contribution in [-0.4, -0.2) is 36.2 Å². The van der Waals surface area contributed by atoms with Gasteiger partial charge in [-0.25, -0.2) is 22.5 Å². The van der Waals surface area contributed by atoms with Crippen molar-refractivity contribution in [2.45, 2.75) is 24.5 Å². The van der Waals surface area contributed by atoms with E-state index in [1.807, 2.05) is 6.07 Å². The van der Waals surface area contributed by atoms with Gasteiger partial charge in [0.15, 0.2) is 5.96 Å². The molecule has 0 atom stereocenters. The molecule has 12 heteroatoms. The molecule has 0 bridgehead atoms. The number of aliphatic imine (C=N–C) groups is 1. The molecule has 0 aliphatic carbocycles. The van der Waals surface area contributed by atoms with Crippen molar-refractivity contribution < 1.29 is 12.8 Å². The van der Waals surface area contributed by atoms with E-state index >= 15 is 0 Å². The molecule has 9 nitrogen and oxygen atoms in total. The fraction of sp³-hybridized carbons (Fsp3) is 0.250. The van der Waals surface area contributed by atoms with E-state index < -0.39 is 15.8 Å². The zero-order valence-corrected chi connectivity index (χ0v) is 20.8. The summed E-state index contributed by atoms with van der Waals surface area (Å²) >= 11 is 0. The fourth-order valence-corrected chi connectivity index (χ4v) is 3.87. The third-order valence-electron chi connectivity index (χ3n) is 4.47. The molecule has 2 aromatic carbocycles. The predicted molar refractivity (Wildman–Crippen MR) is 130 cm³/mol. The molecule has 3 N–H and O–H groups in total. The number of aryl methyl sites for hydroxylation is 1. The lowest BCUT2D eigenvalue weighted by molar-refractivity contribution is 0.580. The summed E-state index contributed by atoms with van der Waals surface area (Å²) in [6, 6.07) is 12.4. The second-order valence-electron chi connectivity index (χ2n) is 6.68. The van der Waals surface area contributed by atoms with E-state index in [-0.39, 0.29) is 35.4 Å². The number of nitrogens with one attached hydrogen (secondary N) is 3. The molecular weight excluding hydrogens is 548 g/mol. The summed E-state index contributed by atoms with van der Waals surface area (Å²) in [6.45, 7) is 0.807. The molecule has 32 heavy (non-hydrogen) atoms. The normalized spacial score (nSPS) is 11.7. The Balaban J connectivity index is 0.00000363. The van der Waals surface area contributed by atoms with E-state index in [1.54, 1.807) is 37.0 Å². The van der Waals surface area contributed by atoms with E-state index in [9.17, 15) is 12.8 Å². The van der Waals surface area contributed by atoms with Crippen molar-refractivity contribution in [3.63, 3.8) is 0 Å². The average molecular weight is 573 g/mol. The van der Waals surface area contributed by atoms with Gasteiger partial charge in [-0.05, 0) is 35.4 Å². The lowest BCUT2D eigenvalue weighted by Gasteiger charge is -2.12. The molecule has 1 aromatic heterocycles.